The highest BCUT2D eigenvalue weighted by Gasteiger charge is 2.24. The number of hydrogen-bond acceptors (Lipinski definition) is 6. The van der Waals surface area contributed by atoms with Crippen molar-refractivity contribution in [2.24, 2.45) is 0 Å². The van der Waals surface area contributed by atoms with Crippen LogP contribution in [0.15, 0.2) is 18.2 Å². The van der Waals surface area contributed by atoms with Crippen molar-refractivity contribution in [3.63, 3.8) is 0 Å². The molecule has 0 aliphatic carbocycles. The van der Waals surface area contributed by atoms with Crippen LogP contribution < -0.4 is 15.0 Å². The normalized spacial score (nSPS) is 17.7. The smallest absolute Gasteiger partial charge is 0.296 e. The topological polar surface area (TPSA) is 87.9 Å². The number of nitro groups is 1. The summed E-state index contributed by atoms with van der Waals surface area (Å²) < 4.78 is 5.05. The molecule has 2 rings (SSSR count). The van der Waals surface area contributed by atoms with Gasteiger partial charge in [0, 0.05) is 19.1 Å². The SMILES string of the molecule is COc1ccc(N(CCO)CC2CCCN2)c([N+](=O)[O-])c1. The number of hydrogen-bond donors (Lipinski definition) is 2. The summed E-state index contributed by atoms with van der Waals surface area (Å²) in [6.07, 6.45) is 2.16. The Labute approximate surface area is 123 Å². The summed E-state index contributed by atoms with van der Waals surface area (Å²) in [7, 11) is 1.48. The van der Waals surface area contributed by atoms with E-state index < -0.39 is 4.92 Å². The average Bonchev–Trinajstić information content (AvgIpc) is 2.99. The minimum atomic E-state index is -0.412. The van der Waals surface area contributed by atoms with E-state index in [1.165, 1.54) is 13.2 Å². The van der Waals surface area contributed by atoms with Gasteiger partial charge in [0.1, 0.15) is 11.4 Å². The van der Waals surface area contributed by atoms with E-state index >= 15 is 0 Å². The van der Waals surface area contributed by atoms with E-state index in [1.54, 1.807) is 12.1 Å². The molecular weight excluding hydrogens is 274 g/mol. The van der Waals surface area contributed by atoms with Gasteiger partial charge in [-0.1, -0.05) is 0 Å². The molecule has 2 N–H and O–H groups in total. The number of anilines is 1. The van der Waals surface area contributed by atoms with Crippen LogP contribution in [0, 0.1) is 10.1 Å². The number of nitrogens with zero attached hydrogens (tertiary/aromatic N) is 2. The number of aliphatic hydroxyl groups is 1. The summed E-state index contributed by atoms with van der Waals surface area (Å²) in [5.41, 5.74) is 0.518. The van der Waals surface area contributed by atoms with Gasteiger partial charge in [0.2, 0.25) is 0 Å². The quantitative estimate of drug-likeness (QED) is 0.579. The third-order valence-electron chi connectivity index (χ3n) is 3.69. The number of rotatable bonds is 7. The van der Waals surface area contributed by atoms with Crippen LogP contribution in [0.4, 0.5) is 11.4 Å². The zero-order chi connectivity index (χ0) is 15.2. The van der Waals surface area contributed by atoms with E-state index in [-0.39, 0.29) is 12.3 Å². The van der Waals surface area contributed by atoms with Crippen LogP contribution in [0.25, 0.3) is 0 Å². The maximum atomic E-state index is 11.3. The minimum absolute atomic E-state index is 0.000738. The van der Waals surface area contributed by atoms with Crippen molar-refractivity contribution >= 4 is 11.4 Å². The van der Waals surface area contributed by atoms with Crippen molar-refractivity contribution in [2.75, 3.05) is 38.3 Å². The molecule has 0 amide bonds. The van der Waals surface area contributed by atoms with Crippen LogP contribution in [0.1, 0.15) is 12.8 Å². The Bertz CT molecular complexity index is 489. The van der Waals surface area contributed by atoms with Crippen LogP contribution in [-0.2, 0) is 0 Å². The van der Waals surface area contributed by atoms with Crippen LogP contribution in [0.3, 0.4) is 0 Å². The van der Waals surface area contributed by atoms with Gasteiger partial charge in [-0.2, -0.15) is 0 Å². The fourth-order valence-corrected chi connectivity index (χ4v) is 2.65. The second-order valence-electron chi connectivity index (χ2n) is 5.07. The molecular formula is C14H21N3O4. The highest BCUT2D eigenvalue weighted by Crippen LogP contribution is 2.32. The molecule has 1 aromatic rings. The van der Waals surface area contributed by atoms with Crippen LogP contribution >= 0.6 is 0 Å². The van der Waals surface area contributed by atoms with Gasteiger partial charge in [0.05, 0.1) is 24.7 Å². The van der Waals surface area contributed by atoms with E-state index in [1.807, 2.05) is 4.90 Å². The Balaban J connectivity index is 2.27. The standard InChI is InChI=1S/C14H21N3O4/c1-21-12-4-5-13(14(9-12)17(19)20)16(7-8-18)10-11-3-2-6-15-11/h4-5,9,11,15,18H,2-3,6-8,10H2,1H3. The molecule has 0 saturated carbocycles. The largest absolute Gasteiger partial charge is 0.496 e. The lowest BCUT2D eigenvalue weighted by Gasteiger charge is -2.27. The van der Waals surface area contributed by atoms with Gasteiger partial charge in [0.15, 0.2) is 0 Å². The molecule has 0 bridgehead atoms. The lowest BCUT2D eigenvalue weighted by Crippen LogP contribution is -2.39. The molecule has 1 aromatic carbocycles. The molecule has 21 heavy (non-hydrogen) atoms. The molecule has 1 aliphatic heterocycles. The maximum Gasteiger partial charge on any atom is 0.296 e. The number of nitrogens with one attached hydrogen (secondary N) is 1. The number of benzene rings is 1. The molecule has 1 saturated heterocycles. The molecule has 7 heteroatoms. The highest BCUT2D eigenvalue weighted by molar-refractivity contribution is 5.65. The average molecular weight is 295 g/mol. The first kappa shape index (κ1) is 15.5. The van der Waals surface area contributed by atoms with Gasteiger partial charge in [0.25, 0.3) is 5.69 Å². The van der Waals surface area contributed by atoms with E-state index in [4.69, 9.17) is 4.74 Å². The van der Waals surface area contributed by atoms with E-state index in [0.717, 1.165) is 19.4 Å². The number of methoxy groups -OCH3 is 1. The highest BCUT2D eigenvalue weighted by atomic mass is 16.6. The van der Waals surface area contributed by atoms with Gasteiger partial charge >= 0.3 is 0 Å². The monoisotopic (exact) mass is 295 g/mol. The Kier molecular flexibility index (Phi) is 5.35. The second kappa shape index (κ2) is 7.24. The van der Waals surface area contributed by atoms with Gasteiger partial charge in [-0.25, -0.2) is 0 Å². The van der Waals surface area contributed by atoms with Gasteiger partial charge in [-0.3, -0.25) is 10.1 Å². The molecule has 0 radical (unpaired) electrons. The molecule has 0 spiro atoms. The van der Waals surface area contributed by atoms with Crippen molar-refractivity contribution in [1.29, 1.82) is 0 Å². The minimum Gasteiger partial charge on any atom is -0.496 e. The number of nitro benzene ring substituents is 1. The number of aliphatic hydroxyl groups excluding tert-OH is 1. The summed E-state index contributed by atoms with van der Waals surface area (Å²) in [5, 5.41) is 23.9. The van der Waals surface area contributed by atoms with E-state index in [2.05, 4.69) is 5.32 Å². The Morgan fingerprint density at radius 2 is 2.38 bits per heavy atom. The molecule has 0 aromatic heterocycles. The number of ether oxygens (including phenoxy) is 1. The maximum absolute atomic E-state index is 11.3. The summed E-state index contributed by atoms with van der Waals surface area (Å²) in [4.78, 5) is 12.7. The first-order valence-corrected chi connectivity index (χ1v) is 7.07. The van der Waals surface area contributed by atoms with Crippen LogP contribution in [0.2, 0.25) is 0 Å². The molecule has 116 valence electrons. The summed E-state index contributed by atoms with van der Waals surface area (Å²) in [6.45, 7) is 1.94. The summed E-state index contributed by atoms with van der Waals surface area (Å²) >= 11 is 0. The predicted octanol–water partition coefficient (Wildman–Crippen LogP) is 1.15. The van der Waals surface area contributed by atoms with Crippen molar-refractivity contribution in [3.05, 3.63) is 28.3 Å². The lowest BCUT2D eigenvalue weighted by atomic mass is 10.1. The molecule has 1 atom stereocenters. The summed E-state index contributed by atoms with van der Waals surface area (Å²) in [6, 6.07) is 5.11. The first-order valence-electron chi connectivity index (χ1n) is 7.07. The summed E-state index contributed by atoms with van der Waals surface area (Å²) in [5.74, 6) is 0.452. The fraction of sp³-hybridized carbons (Fsp3) is 0.571. The van der Waals surface area contributed by atoms with E-state index in [0.29, 0.717) is 30.6 Å². The van der Waals surface area contributed by atoms with Crippen LogP contribution in [0.5, 0.6) is 5.75 Å². The molecule has 7 nitrogen and oxygen atoms in total. The second-order valence-corrected chi connectivity index (χ2v) is 5.07. The van der Waals surface area contributed by atoms with Crippen molar-refractivity contribution < 1.29 is 14.8 Å². The zero-order valence-electron chi connectivity index (χ0n) is 12.1. The lowest BCUT2D eigenvalue weighted by molar-refractivity contribution is -0.384. The molecule has 1 heterocycles. The van der Waals surface area contributed by atoms with Crippen molar-refractivity contribution in [3.8, 4) is 5.75 Å². The predicted molar refractivity (Wildman–Crippen MR) is 80.0 cm³/mol. The third-order valence-corrected chi connectivity index (χ3v) is 3.69. The molecule has 1 unspecified atom stereocenters. The Morgan fingerprint density at radius 1 is 1.57 bits per heavy atom. The molecule has 1 fully saturated rings. The first-order chi connectivity index (χ1) is 10.2. The van der Waals surface area contributed by atoms with Crippen molar-refractivity contribution in [2.45, 2.75) is 18.9 Å². The fourth-order valence-electron chi connectivity index (χ4n) is 2.65. The van der Waals surface area contributed by atoms with Crippen LogP contribution in [-0.4, -0.2) is 49.4 Å². The van der Waals surface area contributed by atoms with Gasteiger partial charge in [-0.15, -0.1) is 0 Å². The third kappa shape index (κ3) is 3.83. The zero-order valence-corrected chi connectivity index (χ0v) is 12.1. The van der Waals surface area contributed by atoms with Crippen molar-refractivity contribution in [1.82, 2.24) is 5.32 Å². The molecule has 1 aliphatic rings. The Hall–Kier alpha value is -1.86. The van der Waals surface area contributed by atoms with Gasteiger partial charge < -0.3 is 20.1 Å². The van der Waals surface area contributed by atoms with E-state index in [9.17, 15) is 15.2 Å². The van der Waals surface area contributed by atoms with Gasteiger partial charge in [-0.05, 0) is 31.5 Å². The Morgan fingerprint density at radius 3 is 2.95 bits per heavy atom.